The van der Waals surface area contributed by atoms with Crippen molar-refractivity contribution in [3.63, 3.8) is 0 Å². The zero-order valence-corrected chi connectivity index (χ0v) is 18.2. The molecule has 0 fully saturated rings. The molecule has 28 heavy (non-hydrogen) atoms. The minimum atomic E-state index is -3.71. The summed E-state index contributed by atoms with van der Waals surface area (Å²) in [5.41, 5.74) is 0.295. The Morgan fingerprint density at radius 3 is 2.71 bits per heavy atom. The maximum atomic E-state index is 12.5. The fraction of sp³-hybridized carbons (Fsp3) is 0.389. The third-order valence-electron chi connectivity index (χ3n) is 3.85. The fourth-order valence-corrected chi connectivity index (χ4v) is 4.74. The Labute approximate surface area is 174 Å². The van der Waals surface area contributed by atoms with Gasteiger partial charge in [0, 0.05) is 12.3 Å². The van der Waals surface area contributed by atoms with Crippen LogP contribution >= 0.6 is 23.4 Å². The van der Waals surface area contributed by atoms with Gasteiger partial charge >= 0.3 is 0 Å². The van der Waals surface area contributed by atoms with Crippen LogP contribution in [0.4, 0.5) is 5.69 Å². The molecule has 0 radical (unpaired) electrons. The summed E-state index contributed by atoms with van der Waals surface area (Å²) in [6.07, 6.45) is 2.67. The molecule has 1 aromatic carbocycles. The number of ether oxygens (including phenoxy) is 1. The number of benzene rings is 1. The Kier molecular flexibility index (Phi) is 8.09. The van der Waals surface area contributed by atoms with E-state index in [0.29, 0.717) is 29.5 Å². The fourth-order valence-electron chi connectivity index (χ4n) is 2.56. The van der Waals surface area contributed by atoms with Crippen LogP contribution in [0.1, 0.15) is 12.7 Å². The van der Waals surface area contributed by atoms with Gasteiger partial charge < -0.3 is 14.5 Å². The summed E-state index contributed by atoms with van der Waals surface area (Å²) in [6, 6.07) is 7.35. The lowest BCUT2D eigenvalue weighted by molar-refractivity contribution is -0.121. The quantitative estimate of drug-likeness (QED) is 0.564. The van der Waals surface area contributed by atoms with Crippen LogP contribution < -0.4 is 14.4 Å². The first-order valence-corrected chi connectivity index (χ1v) is 11.8. The summed E-state index contributed by atoms with van der Waals surface area (Å²) in [5.74, 6) is 2.27. The summed E-state index contributed by atoms with van der Waals surface area (Å²) >= 11 is 7.72. The summed E-state index contributed by atoms with van der Waals surface area (Å²) in [5, 5.41) is 3.03. The van der Waals surface area contributed by atoms with Crippen LogP contribution in [0.3, 0.4) is 0 Å². The van der Waals surface area contributed by atoms with Gasteiger partial charge in [0.2, 0.25) is 15.9 Å². The maximum Gasteiger partial charge on any atom is 0.243 e. The molecular weight excluding hydrogens is 424 g/mol. The van der Waals surface area contributed by atoms with Gasteiger partial charge in [-0.15, -0.1) is 0 Å². The van der Waals surface area contributed by atoms with Gasteiger partial charge in [0.1, 0.15) is 17.6 Å². The van der Waals surface area contributed by atoms with Gasteiger partial charge in [0.15, 0.2) is 0 Å². The molecule has 0 spiro atoms. The number of thioether (sulfide) groups is 1. The van der Waals surface area contributed by atoms with Crippen LogP contribution in [-0.4, -0.2) is 46.0 Å². The third-order valence-corrected chi connectivity index (χ3v) is 6.37. The largest absolute Gasteiger partial charge is 0.495 e. The second-order valence-corrected chi connectivity index (χ2v) is 9.35. The van der Waals surface area contributed by atoms with Crippen LogP contribution in [0.15, 0.2) is 41.0 Å². The van der Waals surface area contributed by atoms with Crippen molar-refractivity contribution in [2.45, 2.75) is 18.7 Å². The average Bonchev–Trinajstić information content (AvgIpc) is 3.13. The molecule has 2 aromatic rings. The minimum absolute atomic E-state index is 0.260. The van der Waals surface area contributed by atoms with Gasteiger partial charge in [-0.05, 0) is 37.3 Å². The Morgan fingerprint density at radius 2 is 2.14 bits per heavy atom. The van der Waals surface area contributed by atoms with E-state index < -0.39 is 22.0 Å². The van der Waals surface area contributed by atoms with Crippen LogP contribution in [-0.2, 0) is 20.6 Å². The summed E-state index contributed by atoms with van der Waals surface area (Å²) in [6.45, 7) is 1.94. The second kappa shape index (κ2) is 10.1. The van der Waals surface area contributed by atoms with Crippen molar-refractivity contribution < 1.29 is 22.4 Å². The Bertz CT molecular complexity index is 887. The number of amides is 1. The zero-order valence-electron chi connectivity index (χ0n) is 15.8. The van der Waals surface area contributed by atoms with Crippen LogP contribution in [0, 0.1) is 0 Å². The highest BCUT2D eigenvalue weighted by atomic mass is 35.5. The highest BCUT2D eigenvalue weighted by molar-refractivity contribution is 7.98. The first-order chi connectivity index (χ1) is 13.2. The van der Waals surface area contributed by atoms with E-state index in [2.05, 4.69) is 5.32 Å². The lowest BCUT2D eigenvalue weighted by Gasteiger charge is -2.28. The van der Waals surface area contributed by atoms with E-state index in [1.165, 1.54) is 20.1 Å². The van der Waals surface area contributed by atoms with Crippen LogP contribution in [0.2, 0.25) is 5.02 Å². The van der Waals surface area contributed by atoms with E-state index in [4.69, 9.17) is 20.8 Å². The number of methoxy groups -OCH3 is 1. The molecule has 1 unspecified atom stereocenters. The summed E-state index contributed by atoms with van der Waals surface area (Å²) < 4.78 is 36.0. The topological polar surface area (TPSA) is 88.8 Å². The maximum absolute atomic E-state index is 12.5. The minimum Gasteiger partial charge on any atom is -0.495 e. The van der Waals surface area contributed by atoms with E-state index in [-0.39, 0.29) is 5.02 Å². The summed E-state index contributed by atoms with van der Waals surface area (Å²) in [7, 11) is -2.24. The molecular formula is C18H23ClN2O5S2. The van der Waals surface area contributed by atoms with Crippen molar-refractivity contribution >= 4 is 45.0 Å². The van der Waals surface area contributed by atoms with Gasteiger partial charge in [-0.3, -0.25) is 9.10 Å². The number of halogens is 1. The number of carbonyl (C=O) groups excluding carboxylic acids is 1. The monoisotopic (exact) mass is 446 g/mol. The van der Waals surface area contributed by atoms with Gasteiger partial charge in [-0.1, -0.05) is 11.6 Å². The average molecular weight is 447 g/mol. The zero-order chi connectivity index (χ0) is 20.7. The number of sulfonamides is 1. The number of nitrogens with one attached hydrogen (secondary N) is 1. The molecule has 154 valence electrons. The van der Waals surface area contributed by atoms with Crippen LogP contribution in [0.25, 0.3) is 0 Å². The number of nitrogens with zero attached hydrogens (tertiary/aromatic N) is 1. The molecule has 1 amide bonds. The number of furan rings is 1. The van der Waals surface area contributed by atoms with Gasteiger partial charge in [-0.25, -0.2) is 8.42 Å². The van der Waals surface area contributed by atoms with Gasteiger partial charge in [0.25, 0.3) is 0 Å². The van der Waals surface area contributed by atoms with Crippen molar-refractivity contribution in [3.05, 3.63) is 47.4 Å². The third kappa shape index (κ3) is 6.08. The second-order valence-electron chi connectivity index (χ2n) is 5.98. The Balaban J connectivity index is 1.99. The molecule has 1 N–H and O–H groups in total. The molecule has 2 rings (SSSR count). The number of rotatable bonds is 10. The predicted molar refractivity (Wildman–Crippen MR) is 113 cm³/mol. The molecule has 0 aliphatic rings. The van der Waals surface area contributed by atoms with Gasteiger partial charge in [0.05, 0.1) is 36.1 Å². The smallest absolute Gasteiger partial charge is 0.243 e. The highest BCUT2D eigenvalue weighted by Crippen LogP contribution is 2.31. The normalized spacial score (nSPS) is 12.4. The van der Waals surface area contributed by atoms with Crippen molar-refractivity contribution in [2.75, 3.05) is 30.0 Å². The molecule has 0 aliphatic heterocycles. The summed E-state index contributed by atoms with van der Waals surface area (Å²) in [4.78, 5) is 12.5. The molecule has 0 bridgehead atoms. The lowest BCUT2D eigenvalue weighted by atomic mass is 10.2. The van der Waals surface area contributed by atoms with E-state index in [1.807, 2.05) is 12.1 Å². The number of anilines is 1. The van der Waals surface area contributed by atoms with Crippen molar-refractivity contribution in [1.82, 2.24) is 5.32 Å². The Hall–Kier alpha value is -1.84. The number of hydrogen-bond acceptors (Lipinski definition) is 6. The highest BCUT2D eigenvalue weighted by Gasteiger charge is 2.29. The first kappa shape index (κ1) is 22.4. The lowest BCUT2D eigenvalue weighted by Crippen LogP contribution is -2.48. The molecule has 10 heteroatoms. The van der Waals surface area contributed by atoms with Gasteiger partial charge in [-0.2, -0.15) is 11.8 Å². The molecule has 1 heterocycles. The molecule has 1 atom stereocenters. The van der Waals surface area contributed by atoms with Crippen molar-refractivity contribution in [1.29, 1.82) is 0 Å². The molecule has 1 aromatic heterocycles. The van der Waals surface area contributed by atoms with E-state index in [9.17, 15) is 13.2 Å². The first-order valence-electron chi connectivity index (χ1n) is 8.45. The molecule has 0 saturated heterocycles. The molecule has 0 aliphatic carbocycles. The number of hydrogen-bond donors (Lipinski definition) is 1. The van der Waals surface area contributed by atoms with Crippen LogP contribution in [0.5, 0.6) is 5.75 Å². The van der Waals surface area contributed by atoms with E-state index in [0.717, 1.165) is 16.3 Å². The van der Waals surface area contributed by atoms with E-state index >= 15 is 0 Å². The van der Waals surface area contributed by atoms with Crippen molar-refractivity contribution in [3.8, 4) is 5.75 Å². The molecule has 7 nitrogen and oxygen atoms in total. The SMILES string of the molecule is COc1ccc(N(C(C)C(=O)NCCSCc2ccco2)S(C)(=O)=O)cc1Cl. The predicted octanol–water partition coefficient (Wildman–Crippen LogP) is 3.15. The molecule has 0 saturated carbocycles. The standard InChI is InChI=1S/C18H23ClN2O5S2/c1-13(18(22)20-8-10-27-12-15-5-4-9-26-15)21(28(3,23)24)14-6-7-17(25-2)16(19)11-14/h4-7,9,11,13H,8,10,12H2,1-3H3,(H,20,22). The Morgan fingerprint density at radius 1 is 1.39 bits per heavy atom. The number of carbonyl (C=O) groups is 1. The van der Waals surface area contributed by atoms with Crippen molar-refractivity contribution in [2.24, 2.45) is 0 Å². The van der Waals surface area contributed by atoms with E-state index in [1.54, 1.807) is 30.2 Å².